The molecule has 1 aromatic rings. The van der Waals surface area contributed by atoms with Crippen molar-refractivity contribution in [1.29, 1.82) is 0 Å². The highest BCUT2D eigenvalue weighted by Crippen LogP contribution is 2.24. The molecule has 0 aromatic carbocycles. The zero-order valence-electron chi connectivity index (χ0n) is 9.70. The first-order valence-corrected chi connectivity index (χ1v) is 5.55. The van der Waals surface area contributed by atoms with Crippen LogP contribution in [0.2, 0.25) is 0 Å². The maximum atomic E-state index is 11.7. The molecule has 0 unspecified atom stereocenters. The normalized spacial score (nSPS) is 11.1. The molecule has 1 rings (SSSR count). The molecule has 5 heteroatoms. The minimum absolute atomic E-state index is 0.231. The molecule has 0 atom stereocenters. The molecule has 0 aliphatic heterocycles. The number of ether oxygens (including phenoxy) is 2. The minimum atomic E-state index is -0.529. The molecule has 0 spiro atoms. The minimum Gasteiger partial charge on any atom is -0.495 e. The summed E-state index contributed by atoms with van der Waals surface area (Å²) in [5, 5.41) is 0. The summed E-state index contributed by atoms with van der Waals surface area (Å²) < 4.78 is 11.0. The average molecular weight is 288 g/mol. The molecule has 1 heterocycles. The maximum absolute atomic E-state index is 11.7. The lowest BCUT2D eigenvalue weighted by Crippen LogP contribution is -2.24. The van der Waals surface area contributed by atoms with E-state index in [1.165, 1.54) is 19.4 Å². The Balaban J connectivity index is 2.93. The lowest BCUT2D eigenvalue weighted by Gasteiger charge is -2.19. The number of nitrogens with zero attached hydrogens (tertiary/aromatic N) is 1. The van der Waals surface area contributed by atoms with Gasteiger partial charge in [0.1, 0.15) is 11.4 Å². The van der Waals surface area contributed by atoms with Gasteiger partial charge in [-0.3, -0.25) is 0 Å². The summed E-state index contributed by atoms with van der Waals surface area (Å²) in [5.74, 6) is 0.0918. The fraction of sp³-hybridized carbons (Fsp3) is 0.455. The zero-order chi connectivity index (χ0) is 12.3. The van der Waals surface area contributed by atoms with Crippen LogP contribution in [0.5, 0.6) is 5.75 Å². The number of hydrogen-bond acceptors (Lipinski definition) is 4. The number of carbonyl (C=O) groups is 1. The first kappa shape index (κ1) is 13.0. The molecule has 0 saturated heterocycles. The molecule has 16 heavy (non-hydrogen) atoms. The van der Waals surface area contributed by atoms with Crippen LogP contribution >= 0.6 is 15.9 Å². The smallest absolute Gasteiger partial charge is 0.357 e. The van der Waals surface area contributed by atoms with Gasteiger partial charge in [-0.25, -0.2) is 9.78 Å². The van der Waals surface area contributed by atoms with Crippen LogP contribution < -0.4 is 4.74 Å². The van der Waals surface area contributed by atoms with Gasteiger partial charge in [-0.1, -0.05) is 0 Å². The molecular formula is C11H14BrNO3. The second kappa shape index (κ2) is 4.82. The van der Waals surface area contributed by atoms with E-state index in [1.807, 2.05) is 0 Å². The van der Waals surface area contributed by atoms with Gasteiger partial charge in [0.15, 0.2) is 5.69 Å². The number of methoxy groups -OCH3 is 1. The molecule has 0 aliphatic carbocycles. The van der Waals surface area contributed by atoms with E-state index in [2.05, 4.69) is 20.9 Å². The predicted octanol–water partition coefficient (Wildman–Crippen LogP) is 2.81. The molecule has 0 saturated carbocycles. The molecular weight excluding hydrogens is 274 g/mol. The van der Waals surface area contributed by atoms with E-state index >= 15 is 0 Å². The van der Waals surface area contributed by atoms with Crippen LogP contribution in [0.15, 0.2) is 16.7 Å². The first-order valence-electron chi connectivity index (χ1n) is 4.76. The Bertz CT molecular complexity index is 399. The first-order chi connectivity index (χ1) is 7.33. The van der Waals surface area contributed by atoms with E-state index in [-0.39, 0.29) is 5.69 Å². The van der Waals surface area contributed by atoms with Crippen LogP contribution in [0.25, 0.3) is 0 Å². The highest BCUT2D eigenvalue weighted by molar-refractivity contribution is 9.10. The van der Waals surface area contributed by atoms with E-state index in [1.54, 1.807) is 20.8 Å². The summed E-state index contributed by atoms with van der Waals surface area (Å²) in [6.45, 7) is 5.42. The summed E-state index contributed by atoms with van der Waals surface area (Å²) in [6, 6.07) is 1.54. The van der Waals surface area contributed by atoms with Crippen LogP contribution in [0.3, 0.4) is 0 Å². The Morgan fingerprint density at radius 3 is 2.56 bits per heavy atom. The highest BCUT2D eigenvalue weighted by atomic mass is 79.9. The van der Waals surface area contributed by atoms with Gasteiger partial charge in [-0.05, 0) is 36.7 Å². The molecule has 0 fully saturated rings. The van der Waals surface area contributed by atoms with Gasteiger partial charge in [-0.2, -0.15) is 0 Å². The summed E-state index contributed by atoms with van der Waals surface area (Å²) in [6.07, 6.45) is 1.51. The lowest BCUT2D eigenvalue weighted by molar-refractivity contribution is 0.00624. The largest absolute Gasteiger partial charge is 0.495 e. The summed E-state index contributed by atoms with van der Waals surface area (Å²) >= 11 is 3.26. The van der Waals surface area contributed by atoms with Crippen LogP contribution in [0, 0.1) is 0 Å². The van der Waals surface area contributed by atoms with Gasteiger partial charge in [0.2, 0.25) is 0 Å². The number of pyridine rings is 1. The van der Waals surface area contributed by atoms with Crippen molar-refractivity contribution in [2.75, 3.05) is 7.11 Å². The standard InChI is InChI=1S/C11H14BrNO3/c1-11(2,3)16-10(14)8-5-9(15-4)7(12)6-13-8/h5-6H,1-4H3. The quantitative estimate of drug-likeness (QED) is 0.785. The van der Waals surface area contributed by atoms with Gasteiger partial charge in [-0.15, -0.1) is 0 Å². The monoisotopic (exact) mass is 287 g/mol. The Kier molecular flexibility index (Phi) is 3.91. The Hall–Kier alpha value is -1.10. The highest BCUT2D eigenvalue weighted by Gasteiger charge is 2.19. The van der Waals surface area contributed by atoms with Crippen LogP contribution in [0.4, 0.5) is 0 Å². The van der Waals surface area contributed by atoms with Crippen LogP contribution in [0.1, 0.15) is 31.3 Å². The van der Waals surface area contributed by atoms with Crippen LogP contribution in [-0.4, -0.2) is 23.7 Å². The molecule has 4 nitrogen and oxygen atoms in total. The van der Waals surface area contributed by atoms with E-state index in [0.717, 1.165) is 0 Å². The van der Waals surface area contributed by atoms with Crippen molar-refractivity contribution in [1.82, 2.24) is 4.98 Å². The second-order valence-corrected chi connectivity index (χ2v) is 5.06. The van der Waals surface area contributed by atoms with Crippen molar-refractivity contribution in [3.05, 3.63) is 22.4 Å². The number of aromatic nitrogens is 1. The molecule has 0 radical (unpaired) electrons. The Labute approximate surface area is 103 Å². The fourth-order valence-electron chi connectivity index (χ4n) is 1.02. The number of esters is 1. The predicted molar refractivity (Wildman–Crippen MR) is 63.7 cm³/mol. The van der Waals surface area contributed by atoms with E-state index in [9.17, 15) is 4.79 Å². The van der Waals surface area contributed by atoms with Crippen LogP contribution in [-0.2, 0) is 4.74 Å². The average Bonchev–Trinajstić information content (AvgIpc) is 2.15. The third-order valence-corrected chi connectivity index (χ3v) is 2.24. The van der Waals surface area contributed by atoms with Gasteiger partial charge in [0.25, 0.3) is 0 Å². The third-order valence-electron chi connectivity index (χ3n) is 1.65. The molecule has 1 aromatic heterocycles. The number of halogens is 1. The van der Waals surface area contributed by atoms with E-state index in [4.69, 9.17) is 9.47 Å². The van der Waals surface area contributed by atoms with Gasteiger partial charge < -0.3 is 9.47 Å². The molecule has 0 N–H and O–H groups in total. The van der Waals surface area contributed by atoms with Crippen molar-refractivity contribution in [3.63, 3.8) is 0 Å². The Morgan fingerprint density at radius 2 is 2.06 bits per heavy atom. The number of carbonyl (C=O) groups excluding carboxylic acids is 1. The number of rotatable bonds is 2. The topological polar surface area (TPSA) is 48.4 Å². The van der Waals surface area contributed by atoms with Crippen molar-refractivity contribution in [2.45, 2.75) is 26.4 Å². The molecule has 0 amide bonds. The molecule has 0 bridgehead atoms. The lowest BCUT2D eigenvalue weighted by atomic mass is 10.2. The van der Waals surface area contributed by atoms with Crippen molar-refractivity contribution in [2.24, 2.45) is 0 Å². The summed E-state index contributed by atoms with van der Waals surface area (Å²) in [7, 11) is 1.53. The Morgan fingerprint density at radius 1 is 1.44 bits per heavy atom. The zero-order valence-corrected chi connectivity index (χ0v) is 11.3. The van der Waals surface area contributed by atoms with Crippen molar-refractivity contribution >= 4 is 21.9 Å². The van der Waals surface area contributed by atoms with Gasteiger partial charge >= 0.3 is 5.97 Å². The summed E-state index contributed by atoms with van der Waals surface area (Å²) in [5.41, 5.74) is -0.297. The van der Waals surface area contributed by atoms with Gasteiger partial charge in [0, 0.05) is 12.3 Å². The van der Waals surface area contributed by atoms with Crippen molar-refractivity contribution in [3.8, 4) is 5.75 Å². The second-order valence-electron chi connectivity index (χ2n) is 4.21. The van der Waals surface area contributed by atoms with Gasteiger partial charge in [0.05, 0.1) is 11.6 Å². The molecule has 0 aliphatic rings. The fourth-order valence-corrected chi connectivity index (χ4v) is 1.40. The van der Waals surface area contributed by atoms with E-state index < -0.39 is 11.6 Å². The summed E-state index contributed by atoms with van der Waals surface area (Å²) in [4.78, 5) is 15.7. The third kappa shape index (κ3) is 3.48. The van der Waals surface area contributed by atoms with Crippen molar-refractivity contribution < 1.29 is 14.3 Å². The maximum Gasteiger partial charge on any atom is 0.357 e. The van der Waals surface area contributed by atoms with E-state index in [0.29, 0.717) is 10.2 Å². The number of hydrogen-bond donors (Lipinski definition) is 0. The SMILES string of the molecule is COc1cc(C(=O)OC(C)(C)C)ncc1Br. The molecule has 88 valence electrons.